The number of rotatable bonds is 2. The maximum absolute atomic E-state index is 13.7. The summed E-state index contributed by atoms with van der Waals surface area (Å²) in [7, 11) is 1.53. The highest BCUT2D eigenvalue weighted by atomic mass is 19.1. The van der Waals surface area contributed by atoms with Crippen molar-refractivity contribution in [2.24, 2.45) is 0 Å². The van der Waals surface area contributed by atoms with Crippen LogP contribution in [0.25, 0.3) is 0 Å². The van der Waals surface area contributed by atoms with Gasteiger partial charge in [-0.2, -0.15) is 0 Å². The van der Waals surface area contributed by atoms with E-state index in [1.165, 1.54) is 7.11 Å². The van der Waals surface area contributed by atoms with Gasteiger partial charge in [-0.25, -0.2) is 4.39 Å². The SMILES string of the molecule is CO[C@H]1CCN(C(=O)[C@@H]2CCCCN2)C[C@H]1F. The summed E-state index contributed by atoms with van der Waals surface area (Å²) < 4.78 is 18.7. The van der Waals surface area contributed by atoms with Crippen LogP contribution in [0.3, 0.4) is 0 Å². The minimum atomic E-state index is -1.05. The van der Waals surface area contributed by atoms with Crippen molar-refractivity contribution in [3.63, 3.8) is 0 Å². The zero-order valence-electron chi connectivity index (χ0n) is 10.3. The van der Waals surface area contributed by atoms with Crippen LogP contribution in [0.5, 0.6) is 0 Å². The van der Waals surface area contributed by atoms with E-state index >= 15 is 0 Å². The fraction of sp³-hybridized carbons (Fsp3) is 0.917. The van der Waals surface area contributed by atoms with Crippen LogP contribution in [0.2, 0.25) is 0 Å². The van der Waals surface area contributed by atoms with E-state index < -0.39 is 6.17 Å². The number of alkyl halides is 1. The van der Waals surface area contributed by atoms with Crippen LogP contribution in [0.15, 0.2) is 0 Å². The first-order chi connectivity index (χ1) is 8.22. The summed E-state index contributed by atoms with van der Waals surface area (Å²) in [6.07, 6.45) is 2.27. The topological polar surface area (TPSA) is 41.6 Å². The summed E-state index contributed by atoms with van der Waals surface area (Å²) in [6.45, 7) is 1.68. The zero-order chi connectivity index (χ0) is 12.3. The Bertz CT molecular complexity index is 269. The lowest BCUT2D eigenvalue weighted by molar-refractivity contribution is -0.139. The quantitative estimate of drug-likeness (QED) is 0.778. The van der Waals surface area contributed by atoms with Crippen LogP contribution < -0.4 is 5.32 Å². The molecule has 98 valence electrons. The molecule has 5 heteroatoms. The summed E-state index contributed by atoms with van der Waals surface area (Å²) in [5.41, 5.74) is 0. The molecule has 0 spiro atoms. The summed E-state index contributed by atoms with van der Waals surface area (Å²) in [5.74, 6) is 0.0573. The van der Waals surface area contributed by atoms with Gasteiger partial charge in [-0.15, -0.1) is 0 Å². The number of halogens is 1. The first kappa shape index (κ1) is 12.8. The Labute approximate surface area is 101 Å². The molecule has 1 N–H and O–H groups in total. The van der Waals surface area contributed by atoms with Crippen LogP contribution in [0.1, 0.15) is 25.7 Å². The van der Waals surface area contributed by atoms with E-state index in [-0.39, 0.29) is 24.6 Å². The molecule has 3 atom stereocenters. The molecule has 2 fully saturated rings. The molecule has 2 aliphatic rings. The molecule has 4 nitrogen and oxygen atoms in total. The lowest BCUT2D eigenvalue weighted by Gasteiger charge is -2.36. The Morgan fingerprint density at radius 1 is 1.41 bits per heavy atom. The van der Waals surface area contributed by atoms with Crippen molar-refractivity contribution in [2.45, 2.75) is 44.0 Å². The second-order valence-electron chi connectivity index (χ2n) is 4.87. The van der Waals surface area contributed by atoms with Gasteiger partial charge in [-0.1, -0.05) is 6.42 Å². The monoisotopic (exact) mass is 244 g/mol. The number of piperidine rings is 2. The Morgan fingerprint density at radius 3 is 2.82 bits per heavy atom. The maximum Gasteiger partial charge on any atom is 0.239 e. The molecular formula is C12H21FN2O2. The predicted octanol–water partition coefficient (Wildman–Crippen LogP) is 0.714. The third kappa shape index (κ3) is 2.96. The van der Waals surface area contributed by atoms with E-state index in [0.29, 0.717) is 13.0 Å². The molecule has 0 aromatic rings. The summed E-state index contributed by atoms with van der Waals surface area (Å²) in [4.78, 5) is 13.8. The number of likely N-dealkylation sites (tertiary alicyclic amines) is 1. The van der Waals surface area contributed by atoms with Crippen molar-refractivity contribution in [3.05, 3.63) is 0 Å². The third-order valence-electron chi connectivity index (χ3n) is 3.70. The van der Waals surface area contributed by atoms with E-state index in [1.54, 1.807) is 4.90 Å². The standard InChI is InChI=1S/C12H21FN2O2/c1-17-11-5-7-15(8-9(11)13)12(16)10-4-2-3-6-14-10/h9-11,14H,2-8H2,1H3/t9-,10+,11+/m1/s1. The number of hydrogen-bond acceptors (Lipinski definition) is 3. The van der Waals surface area contributed by atoms with Crippen molar-refractivity contribution in [1.82, 2.24) is 10.2 Å². The zero-order valence-corrected chi connectivity index (χ0v) is 10.3. The molecule has 0 saturated carbocycles. The fourth-order valence-corrected chi connectivity index (χ4v) is 2.63. The van der Waals surface area contributed by atoms with E-state index in [1.807, 2.05) is 0 Å². The van der Waals surface area contributed by atoms with Crippen LogP contribution >= 0.6 is 0 Å². The number of ether oxygens (including phenoxy) is 1. The van der Waals surface area contributed by atoms with Crippen LogP contribution in [-0.4, -0.2) is 55.9 Å². The van der Waals surface area contributed by atoms with Crippen molar-refractivity contribution in [3.8, 4) is 0 Å². The average molecular weight is 244 g/mol. The van der Waals surface area contributed by atoms with Crippen molar-refractivity contribution < 1.29 is 13.9 Å². The van der Waals surface area contributed by atoms with Gasteiger partial charge in [0.25, 0.3) is 0 Å². The Kier molecular flexibility index (Phi) is 4.34. The molecule has 0 radical (unpaired) electrons. The Balaban J connectivity index is 1.87. The van der Waals surface area contributed by atoms with Crippen molar-refractivity contribution in [1.29, 1.82) is 0 Å². The first-order valence-electron chi connectivity index (χ1n) is 6.41. The van der Waals surface area contributed by atoms with Gasteiger partial charge in [0.2, 0.25) is 5.91 Å². The van der Waals surface area contributed by atoms with Gasteiger partial charge in [-0.05, 0) is 25.8 Å². The highest BCUT2D eigenvalue weighted by Crippen LogP contribution is 2.19. The minimum absolute atomic E-state index is 0.0573. The molecule has 2 saturated heterocycles. The predicted molar refractivity (Wildman–Crippen MR) is 62.5 cm³/mol. The smallest absolute Gasteiger partial charge is 0.239 e. The van der Waals surface area contributed by atoms with E-state index in [4.69, 9.17) is 4.74 Å². The lowest BCUT2D eigenvalue weighted by Crippen LogP contribution is -2.54. The van der Waals surface area contributed by atoms with Crippen LogP contribution in [0.4, 0.5) is 4.39 Å². The van der Waals surface area contributed by atoms with E-state index in [0.717, 1.165) is 25.8 Å². The van der Waals surface area contributed by atoms with Gasteiger partial charge in [-0.3, -0.25) is 4.79 Å². The van der Waals surface area contributed by atoms with Crippen LogP contribution in [0, 0.1) is 0 Å². The van der Waals surface area contributed by atoms with Gasteiger partial charge >= 0.3 is 0 Å². The van der Waals surface area contributed by atoms with Gasteiger partial charge in [0.05, 0.1) is 18.7 Å². The molecule has 1 amide bonds. The first-order valence-corrected chi connectivity index (χ1v) is 6.41. The van der Waals surface area contributed by atoms with Crippen molar-refractivity contribution >= 4 is 5.91 Å². The number of methoxy groups -OCH3 is 1. The number of carbonyl (C=O) groups excluding carboxylic acids is 1. The van der Waals surface area contributed by atoms with Crippen molar-refractivity contribution in [2.75, 3.05) is 26.7 Å². The number of carbonyl (C=O) groups is 1. The van der Waals surface area contributed by atoms with Gasteiger partial charge in [0.1, 0.15) is 6.17 Å². The highest BCUT2D eigenvalue weighted by molar-refractivity contribution is 5.82. The minimum Gasteiger partial charge on any atom is -0.378 e. The average Bonchev–Trinajstić information content (AvgIpc) is 2.39. The maximum atomic E-state index is 13.7. The Hall–Kier alpha value is -0.680. The number of hydrogen-bond donors (Lipinski definition) is 1. The number of nitrogens with zero attached hydrogens (tertiary/aromatic N) is 1. The molecule has 17 heavy (non-hydrogen) atoms. The van der Waals surface area contributed by atoms with Gasteiger partial charge in [0, 0.05) is 13.7 Å². The lowest BCUT2D eigenvalue weighted by atomic mass is 10.0. The molecule has 0 unspecified atom stereocenters. The molecule has 0 aromatic heterocycles. The molecule has 2 rings (SSSR count). The van der Waals surface area contributed by atoms with E-state index in [2.05, 4.69) is 5.32 Å². The van der Waals surface area contributed by atoms with Gasteiger partial charge < -0.3 is 15.0 Å². The molecule has 0 aliphatic carbocycles. The Morgan fingerprint density at radius 2 is 2.24 bits per heavy atom. The molecule has 0 aromatic carbocycles. The largest absolute Gasteiger partial charge is 0.378 e. The summed E-state index contributed by atoms with van der Waals surface area (Å²) >= 11 is 0. The molecular weight excluding hydrogens is 223 g/mol. The second-order valence-corrected chi connectivity index (χ2v) is 4.87. The second kappa shape index (κ2) is 5.78. The fourth-order valence-electron chi connectivity index (χ4n) is 2.63. The van der Waals surface area contributed by atoms with E-state index in [9.17, 15) is 9.18 Å². The summed E-state index contributed by atoms with van der Waals surface area (Å²) in [5, 5.41) is 3.21. The normalized spacial score (nSPS) is 34.7. The highest BCUT2D eigenvalue weighted by Gasteiger charge is 2.34. The number of nitrogens with one attached hydrogen (secondary N) is 1. The molecule has 2 heterocycles. The molecule has 0 bridgehead atoms. The third-order valence-corrected chi connectivity index (χ3v) is 3.70. The molecule has 2 aliphatic heterocycles. The van der Waals surface area contributed by atoms with Crippen LogP contribution in [-0.2, 0) is 9.53 Å². The summed E-state index contributed by atoms with van der Waals surface area (Å²) in [6, 6.07) is -0.102. The van der Waals surface area contributed by atoms with Gasteiger partial charge in [0.15, 0.2) is 0 Å². The number of amides is 1.